The molecule has 0 heterocycles. The van der Waals surface area contributed by atoms with Crippen molar-refractivity contribution < 1.29 is 9.53 Å². The van der Waals surface area contributed by atoms with E-state index in [1.807, 2.05) is 0 Å². The molecule has 3 aliphatic rings. The minimum absolute atomic E-state index is 0.137. The smallest absolute Gasteiger partial charge is 0.333 e. The summed E-state index contributed by atoms with van der Waals surface area (Å²) in [6, 6.07) is 0. The van der Waals surface area contributed by atoms with Crippen LogP contribution >= 0.6 is 0 Å². The molecule has 0 spiro atoms. The van der Waals surface area contributed by atoms with Crippen LogP contribution in [0.5, 0.6) is 0 Å². The summed E-state index contributed by atoms with van der Waals surface area (Å²) in [5.74, 6) is 2.11. The highest BCUT2D eigenvalue weighted by Gasteiger charge is 2.54. The largest absolute Gasteiger partial charge is 0.455 e. The van der Waals surface area contributed by atoms with E-state index in [4.69, 9.17) is 4.74 Å². The maximum atomic E-state index is 12.1. The summed E-state index contributed by atoms with van der Waals surface area (Å²) < 4.78 is 6.04. The summed E-state index contributed by atoms with van der Waals surface area (Å²) >= 11 is 0. The SMILES string of the molecule is C=C(C)C(=O)OC12CCCC3CCCC(CCC1)C32. The second kappa shape index (κ2) is 4.96. The number of esters is 1. The highest BCUT2D eigenvalue weighted by molar-refractivity contribution is 5.87. The summed E-state index contributed by atoms with van der Waals surface area (Å²) in [5.41, 5.74) is 0.414. The molecule has 0 saturated heterocycles. The highest BCUT2D eigenvalue weighted by atomic mass is 16.6. The van der Waals surface area contributed by atoms with Crippen LogP contribution in [0.2, 0.25) is 0 Å². The molecule has 2 unspecified atom stereocenters. The van der Waals surface area contributed by atoms with E-state index in [1.54, 1.807) is 6.92 Å². The van der Waals surface area contributed by atoms with Crippen molar-refractivity contribution in [1.29, 1.82) is 0 Å². The predicted molar refractivity (Wildman–Crippen MR) is 75.7 cm³/mol. The number of hydrogen-bond acceptors (Lipinski definition) is 2. The van der Waals surface area contributed by atoms with Gasteiger partial charge in [0.1, 0.15) is 5.60 Å². The molecule has 0 N–H and O–H groups in total. The van der Waals surface area contributed by atoms with Crippen molar-refractivity contribution in [2.45, 2.75) is 70.3 Å². The fourth-order valence-corrected chi connectivity index (χ4v) is 5.12. The predicted octanol–water partition coefficient (Wildman–Crippen LogP) is 4.24. The first-order valence-electron chi connectivity index (χ1n) is 8.01. The van der Waals surface area contributed by atoms with E-state index in [9.17, 15) is 4.79 Å². The van der Waals surface area contributed by atoms with Crippen LogP contribution in [0.15, 0.2) is 12.2 Å². The number of hydrogen-bond donors (Lipinski definition) is 0. The summed E-state index contributed by atoms with van der Waals surface area (Å²) in [6.07, 6.45) is 11.4. The fourth-order valence-electron chi connectivity index (χ4n) is 5.12. The minimum atomic E-state index is -0.160. The first-order chi connectivity index (χ1) is 9.12. The topological polar surface area (TPSA) is 26.3 Å². The average molecular weight is 262 g/mol. The monoisotopic (exact) mass is 262 g/mol. The molecule has 0 aromatic heterocycles. The van der Waals surface area contributed by atoms with E-state index in [1.165, 1.54) is 44.9 Å². The van der Waals surface area contributed by atoms with Gasteiger partial charge >= 0.3 is 5.97 Å². The first kappa shape index (κ1) is 13.2. The van der Waals surface area contributed by atoms with Gasteiger partial charge in [0.2, 0.25) is 0 Å². The molecule has 0 radical (unpaired) electrons. The lowest BCUT2D eigenvalue weighted by atomic mass is 9.54. The van der Waals surface area contributed by atoms with Gasteiger partial charge < -0.3 is 4.74 Å². The van der Waals surface area contributed by atoms with Crippen LogP contribution in [0, 0.1) is 17.8 Å². The summed E-state index contributed by atoms with van der Waals surface area (Å²) in [4.78, 5) is 12.1. The Bertz CT molecular complexity index is 363. The molecule has 0 aromatic carbocycles. The Hall–Kier alpha value is -0.790. The fraction of sp³-hybridized carbons (Fsp3) is 0.824. The van der Waals surface area contributed by atoms with Crippen LogP contribution in [0.1, 0.15) is 64.7 Å². The van der Waals surface area contributed by atoms with Crippen LogP contribution in [-0.2, 0) is 9.53 Å². The second-order valence-electron chi connectivity index (χ2n) is 7.00. The van der Waals surface area contributed by atoms with Gasteiger partial charge in [-0.2, -0.15) is 0 Å². The Labute approximate surface area is 116 Å². The Balaban J connectivity index is 1.87. The van der Waals surface area contributed by atoms with Gasteiger partial charge in [-0.25, -0.2) is 4.79 Å². The zero-order valence-corrected chi connectivity index (χ0v) is 12.1. The Morgan fingerprint density at radius 3 is 2.11 bits per heavy atom. The third-order valence-corrected chi connectivity index (χ3v) is 5.77. The molecule has 0 aliphatic heterocycles. The lowest BCUT2D eigenvalue weighted by Gasteiger charge is -2.55. The number of rotatable bonds is 2. The minimum Gasteiger partial charge on any atom is -0.455 e. The molecule has 3 fully saturated rings. The number of carbonyl (C=O) groups is 1. The molecule has 3 rings (SSSR count). The third-order valence-electron chi connectivity index (χ3n) is 5.77. The normalized spacial score (nSPS) is 41.2. The van der Waals surface area contributed by atoms with E-state index in [2.05, 4.69) is 6.58 Å². The average Bonchev–Trinajstić information content (AvgIpc) is 2.39. The molecule has 2 nitrogen and oxygen atoms in total. The van der Waals surface area contributed by atoms with Gasteiger partial charge in [-0.05, 0) is 57.3 Å². The van der Waals surface area contributed by atoms with Crippen molar-refractivity contribution in [3.8, 4) is 0 Å². The summed E-state index contributed by atoms with van der Waals surface area (Å²) in [6.45, 7) is 5.52. The standard InChI is InChI=1S/C17H26O2/c1-12(2)16(18)19-17-10-4-8-13-6-3-7-14(15(13)17)9-5-11-17/h13-15H,1,3-11H2,2H3. The van der Waals surface area contributed by atoms with Gasteiger partial charge in [-0.3, -0.25) is 0 Å². The quantitative estimate of drug-likeness (QED) is 0.549. The molecular formula is C17H26O2. The Morgan fingerprint density at radius 1 is 1.05 bits per heavy atom. The molecular weight excluding hydrogens is 236 g/mol. The van der Waals surface area contributed by atoms with Crippen LogP contribution in [0.4, 0.5) is 0 Å². The molecule has 19 heavy (non-hydrogen) atoms. The van der Waals surface area contributed by atoms with Gasteiger partial charge in [-0.1, -0.05) is 25.8 Å². The Morgan fingerprint density at radius 2 is 1.58 bits per heavy atom. The molecule has 106 valence electrons. The van der Waals surface area contributed by atoms with E-state index in [0.29, 0.717) is 11.5 Å². The summed E-state index contributed by atoms with van der Waals surface area (Å²) in [5, 5.41) is 0. The second-order valence-corrected chi connectivity index (χ2v) is 7.00. The lowest BCUT2D eigenvalue weighted by Crippen LogP contribution is -2.55. The van der Waals surface area contributed by atoms with Crippen LogP contribution in [0.3, 0.4) is 0 Å². The molecule has 3 saturated carbocycles. The molecule has 0 bridgehead atoms. The number of ether oxygens (including phenoxy) is 1. The van der Waals surface area contributed by atoms with Crippen LogP contribution in [0.25, 0.3) is 0 Å². The third kappa shape index (κ3) is 2.23. The van der Waals surface area contributed by atoms with Crippen molar-refractivity contribution in [2.75, 3.05) is 0 Å². The Kier molecular flexibility index (Phi) is 3.44. The van der Waals surface area contributed by atoms with E-state index < -0.39 is 0 Å². The van der Waals surface area contributed by atoms with Crippen molar-refractivity contribution in [3.05, 3.63) is 12.2 Å². The summed E-state index contributed by atoms with van der Waals surface area (Å²) in [7, 11) is 0. The molecule has 0 aromatic rings. The molecule has 2 atom stereocenters. The van der Waals surface area contributed by atoms with Gasteiger partial charge in [0.05, 0.1) is 0 Å². The highest BCUT2D eigenvalue weighted by Crippen LogP contribution is 2.56. The van der Waals surface area contributed by atoms with E-state index in [-0.39, 0.29) is 11.6 Å². The van der Waals surface area contributed by atoms with Crippen LogP contribution < -0.4 is 0 Å². The van der Waals surface area contributed by atoms with Crippen molar-refractivity contribution in [3.63, 3.8) is 0 Å². The molecule has 3 aliphatic carbocycles. The first-order valence-corrected chi connectivity index (χ1v) is 8.01. The van der Waals surface area contributed by atoms with E-state index in [0.717, 1.165) is 24.7 Å². The maximum absolute atomic E-state index is 12.1. The van der Waals surface area contributed by atoms with E-state index >= 15 is 0 Å². The van der Waals surface area contributed by atoms with Crippen LogP contribution in [-0.4, -0.2) is 11.6 Å². The van der Waals surface area contributed by atoms with Crippen molar-refractivity contribution >= 4 is 5.97 Å². The van der Waals surface area contributed by atoms with Gasteiger partial charge in [0.25, 0.3) is 0 Å². The van der Waals surface area contributed by atoms with Gasteiger partial charge in [0.15, 0.2) is 0 Å². The van der Waals surface area contributed by atoms with Gasteiger partial charge in [0, 0.05) is 11.5 Å². The molecule has 2 heteroatoms. The van der Waals surface area contributed by atoms with Crippen molar-refractivity contribution in [2.24, 2.45) is 17.8 Å². The lowest BCUT2D eigenvalue weighted by molar-refractivity contribution is -0.188. The van der Waals surface area contributed by atoms with Gasteiger partial charge in [-0.15, -0.1) is 0 Å². The molecule has 0 amide bonds. The zero-order chi connectivity index (χ0) is 13.5. The maximum Gasteiger partial charge on any atom is 0.333 e. The van der Waals surface area contributed by atoms with Crippen molar-refractivity contribution in [1.82, 2.24) is 0 Å². The zero-order valence-electron chi connectivity index (χ0n) is 12.1. The number of carbonyl (C=O) groups excluding carboxylic acids is 1.